The van der Waals surface area contributed by atoms with E-state index in [9.17, 15) is 0 Å². The fourth-order valence-electron chi connectivity index (χ4n) is 5.35. The Balaban J connectivity index is 2.20. The molecule has 5 aromatic rings. The van der Waals surface area contributed by atoms with Gasteiger partial charge in [-0.1, -0.05) is 88.1 Å². The Labute approximate surface area is 211 Å². The third kappa shape index (κ3) is 2.09. The van der Waals surface area contributed by atoms with E-state index in [1.807, 2.05) is 0 Å². The van der Waals surface area contributed by atoms with Gasteiger partial charge in [-0.15, -0.1) is 0 Å². The second-order valence-electron chi connectivity index (χ2n) is 8.66. The Morgan fingerprint density at radius 3 is 2.31 bits per heavy atom. The van der Waals surface area contributed by atoms with Crippen molar-refractivity contribution in [3.05, 3.63) is 83.0 Å². The van der Waals surface area contributed by atoms with Gasteiger partial charge in [0.1, 0.15) is 5.52 Å². The molecule has 0 spiro atoms. The van der Waals surface area contributed by atoms with Crippen molar-refractivity contribution < 1.29 is 25.1 Å². The van der Waals surface area contributed by atoms with Crippen LogP contribution in [0.5, 0.6) is 0 Å². The van der Waals surface area contributed by atoms with Crippen molar-refractivity contribution in [3.8, 4) is 11.3 Å². The average Bonchev–Trinajstić information content (AvgIpc) is 3.21. The van der Waals surface area contributed by atoms with Gasteiger partial charge in [0.05, 0.1) is 12.4 Å². The van der Waals surface area contributed by atoms with Crippen molar-refractivity contribution in [1.29, 1.82) is 0 Å². The summed E-state index contributed by atoms with van der Waals surface area (Å²) in [5, 5.41) is 0.821. The molecule has 2 heteroatoms. The minimum absolute atomic E-state index is 0.00674. The Bertz CT molecular complexity index is 2060. The number of nitrogens with zero attached hydrogens (tertiary/aromatic N) is 2. The number of pyridine rings is 1. The second kappa shape index (κ2) is 6.01. The van der Waals surface area contributed by atoms with Crippen LogP contribution in [-0.2, 0) is 17.9 Å². The molecule has 2 nitrogen and oxygen atoms in total. The molecule has 0 unspecified atom stereocenters. The van der Waals surface area contributed by atoms with Crippen LogP contribution in [0, 0.1) is 13.8 Å². The first kappa shape index (κ1) is 9.39. The van der Waals surface area contributed by atoms with Gasteiger partial charge in [-0.25, -0.2) is 4.57 Å². The van der Waals surface area contributed by atoms with Crippen LogP contribution in [0.25, 0.3) is 38.6 Å². The molecule has 160 valence electrons. The molecule has 0 amide bonds. The molecule has 0 saturated carbocycles. The van der Waals surface area contributed by atoms with Gasteiger partial charge in [-0.2, -0.15) is 4.40 Å². The highest BCUT2D eigenvalue weighted by molar-refractivity contribution is 6.15. The lowest BCUT2D eigenvalue weighted by molar-refractivity contribution is -0.632. The van der Waals surface area contributed by atoms with E-state index in [1.165, 1.54) is 4.40 Å². The van der Waals surface area contributed by atoms with E-state index in [0.717, 1.165) is 12.1 Å². The number of hydrogen-bond acceptors (Lipinski definition) is 0. The SMILES string of the molecule is [2H]C([2H])([2H])c1ccc2c3c1c1cccc(C)c1c1n3c(c(-c3ccccc3)[n+]1C)C(C([2H])([2H])[2H])(C([2H])([2H])[2H])C2(C([2H])([2H])[2H])C([2H])([2H])[2H]. The van der Waals surface area contributed by atoms with E-state index in [-0.39, 0.29) is 27.8 Å². The van der Waals surface area contributed by atoms with E-state index in [4.69, 9.17) is 20.6 Å². The van der Waals surface area contributed by atoms with Gasteiger partial charge < -0.3 is 0 Å². The number of rotatable bonds is 1. The van der Waals surface area contributed by atoms with Crippen molar-refractivity contribution in [3.63, 3.8) is 0 Å². The third-order valence-electron chi connectivity index (χ3n) is 6.85. The fourth-order valence-corrected chi connectivity index (χ4v) is 5.35. The number of aromatic nitrogens is 2. The van der Waals surface area contributed by atoms with Crippen LogP contribution >= 0.6 is 0 Å². The largest absolute Gasteiger partial charge is 0.295 e. The minimum Gasteiger partial charge on any atom is -0.225 e. The molecule has 0 fully saturated rings. The molecule has 0 saturated heterocycles. The molecule has 1 aliphatic heterocycles. The predicted octanol–water partition coefficient (Wildman–Crippen LogP) is 6.92. The summed E-state index contributed by atoms with van der Waals surface area (Å²) >= 11 is 0. The molecule has 1 aliphatic rings. The summed E-state index contributed by atoms with van der Waals surface area (Å²) in [6, 6.07) is 15.4. The second-order valence-corrected chi connectivity index (χ2v) is 8.66. The molecule has 0 aliphatic carbocycles. The first-order chi connectivity index (χ1) is 21.4. The van der Waals surface area contributed by atoms with Crippen LogP contribution in [0.3, 0.4) is 0 Å². The minimum atomic E-state index is -3.79. The lowest BCUT2D eigenvalue weighted by Crippen LogP contribution is -2.44. The normalized spacial score (nSPS) is 25.4. The van der Waals surface area contributed by atoms with Gasteiger partial charge in [0.25, 0.3) is 5.65 Å². The summed E-state index contributed by atoms with van der Waals surface area (Å²) in [4.78, 5) is 0. The third-order valence-corrected chi connectivity index (χ3v) is 6.85. The molecule has 0 N–H and O–H groups in total. The average molecular weight is 435 g/mol. The highest BCUT2D eigenvalue weighted by atomic mass is 15.1. The highest BCUT2D eigenvalue weighted by Gasteiger charge is 2.52. The maximum absolute atomic E-state index is 9.02. The van der Waals surface area contributed by atoms with Crippen molar-refractivity contribution in [1.82, 2.24) is 4.40 Å². The zero-order valence-corrected chi connectivity index (χ0v) is 17.7. The summed E-state index contributed by atoms with van der Waals surface area (Å²) in [7, 11) is 1.58. The smallest absolute Gasteiger partial charge is 0.225 e. The number of imidazole rings is 1. The zero-order chi connectivity index (χ0) is 35.1. The van der Waals surface area contributed by atoms with Crippen LogP contribution in [0.15, 0.2) is 60.7 Å². The molecule has 0 radical (unpaired) electrons. The summed E-state index contributed by atoms with van der Waals surface area (Å²) in [6.45, 7) is -16.1. The predicted molar refractivity (Wildman–Crippen MR) is 135 cm³/mol. The Morgan fingerprint density at radius 2 is 1.59 bits per heavy atom. The molecular weight excluding hydrogens is 388 g/mol. The molecule has 6 rings (SSSR count). The van der Waals surface area contributed by atoms with Gasteiger partial charge in [-0.05, 0) is 24.9 Å². The first-order valence-electron chi connectivity index (χ1n) is 17.9. The Kier molecular flexibility index (Phi) is 1.76. The summed E-state index contributed by atoms with van der Waals surface area (Å²) < 4.78 is 136. The summed E-state index contributed by atoms with van der Waals surface area (Å²) in [6.07, 6.45) is 0. The molecule has 3 aromatic carbocycles. The van der Waals surface area contributed by atoms with Crippen molar-refractivity contribution in [2.75, 3.05) is 0 Å². The Morgan fingerprint density at radius 1 is 0.812 bits per heavy atom. The van der Waals surface area contributed by atoms with Crippen LogP contribution < -0.4 is 4.57 Å². The van der Waals surface area contributed by atoms with Gasteiger partial charge in [0.2, 0.25) is 0 Å². The molecule has 0 atom stereocenters. The standard InChI is InChI=1S/C30H31N2/c1-18-12-11-15-21-23-19(2)16-17-22-26(23)32-27(30(5,6)29(22,3)4)25(20-13-9-8-10-14-20)31(7)28(32)24(18)21/h8-17H,1-7H3/q+1/i2D3,3D3,4D3,5D3,6D3. The number of hydrogen-bond donors (Lipinski definition) is 0. The summed E-state index contributed by atoms with van der Waals surface area (Å²) in [5.41, 5.74) is -7.54. The van der Waals surface area contributed by atoms with E-state index in [1.54, 1.807) is 67.1 Å². The number of aryl methyl sites for hydroxylation is 3. The lowest BCUT2D eigenvalue weighted by Gasteiger charge is -2.43. The van der Waals surface area contributed by atoms with Crippen LogP contribution in [0.4, 0.5) is 0 Å². The van der Waals surface area contributed by atoms with E-state index >= 15 is 0 Å². The van der Waals surface area contributed by atoms with Crippen LogP contribution in [-0.4, -0.2) is 4.40 Å². The van der Waals surface area contributed by atoms with Gasteiger partial charge in [0, 0.05) is 53.3 Å². The van der Waals surface area contributed by atoms with Crippen LogP contribution in [0.1, 0.15) is 70.4 Å². The number of fused-ring (bicyclic) bond motifs is 3. The van der Waals surface area contributed by atoms with Gasteiger partial charge in [0.15, 0.2) is 11.4 Å². The number of benzene rings is 3. The monoisotopic (exact) mass is 434 g/mol. The van der Waals surface area contributed by atoms with Crippen LogP contribution in [0.2, 0.25) is 0 Å². The summed E-state index contributed by atoms with van der Waals surface area (Å²) in [5.74, 6) is 0. The topological polar surface area (TPSA) is 8.29 Å². The molecule has 2 aromatic heterocycles. The van der Waals surface area contributed by atoms with E-state index in [2.05, 4.69) is 0 Å². The quantitative estimate of drug-likeness (QED) is 0.200. The van der Waals surface area contributed by atoms with Crippen molar-refractivity contribution in [2.24, 2.45) is 7.05 Å². The highest BCUT2D eigenvalue weighted by Crippen LogP contribution is 2.53. The van der Waals surface area contributed by atoms with Crippen molar-refractivity contribution >= 4 is 27.3 Å². The zero-order valence-electron chi connectivity index (χ0n) is 32.7. The fraction of sp³-hybridized carbons (Fsp3) is 0.300. The molecule has 0 bridgehead atoms. The van der Waals surface area contributed by atoms with E-state index < -0.39 is 56.3 Å². The van der Waals surface area contributed by atoms with E-state index in [0.29, 0.717) is 21.9 Å². The maximum atomic E-state index is 9.02. The molecule has 3 heterocycles. The van der Waals surface area contributed by atoms with Gasteiger partial charge >= 0.3 is 0 Å². The van der Waals surface area contributed by atoms with Crippen molar-refractivity contribution in [2.45, 2.75) is 52.0 Å². The molecular formula is C30H31N2+. The maximum Gasteiger partial charge on any atom is 0.295 e. The first-order valence-corrected chi connectivity index (χ1v) is 10.4. The Hall–Kier alpha value is -3.13. The molecule has 32 heavy (non-hydrogen) atoms. The van der Waals surface area contributed by atoms with Gasteiger partial charge in [-0.3, -0.25) is 0 Å². The lowest BCUT2D eigenvalue weighted by atomic mass is 9.60.